The quantitative estimate of drug-likeness (QED) is 0.588. The minimum atomic E-state index is -0.448. The van der Waals surface area contributed by atoms with Crippen molar-refractivity contribution in [1.82, 2.24) is 24.8 Å². The summed E-state index contributed by atoms with van der Waals surface area (Å²) in [5.74, 6) is -0.448. The zero-order valence-corrected chi connectivity index (χ0v) is 11.5. The van der Waals surface area contributed by atoms with E-state index in [2.05, 4.69) is 25.5 Å². The molecule has 3 aromatic rings. The van der Waals surface area contributed by atoms with E-state index in [1.165, 1.54) is 36.1 Å². The Morgan fingerprint density at radius 2 is 2.40 bits per heavy atom. The standard InChI is InChI=1S/C11H7ClN6OS/c12-9-8(18-3-4-20-11(18)16-9)6-15-17-10(19)7-5-13-1-2-14-7/h1-6H,(H,17,19)/b15-6+. The summed E-state index contributed by atoms with van der Waals surface area (Å²) >= 11 is 7.45. The molecule has 0 atom stereocenters. The SMILES string of the molecule is O=C(N/N=C/c1c(Cl)nc2sccn12)c1cnccn1. The van der Waals surface area contributed by atoms with E-state index in [-0.39, 0.29) is 5.69 Å². The predicted octanol–water partition coefficient (Wildman–Crippen LogP) is 1.60. The molecule has 0 bridgehead atoms. The number of rotatable bonds is 3. The zero-order chi connectivity index (χ0) is 13.9. The summed E-state index contributed by atoms with van der Waals surface area (Å²) < 4.78 is 1.78. The minimum absolute atomic E-state index is 0.185. The first-order valence-electron chi connectivity index (χ1n) is 5.46. The Morgan fingerprint density at radius 1 is 1.50 bits per heavy atom. The van der Waals surface area contributed by atoms with Crippen LogP contribution in [0.2, 0.25) is 5.15 Å². The van der Waals surface area contributed by atoms with Gasteiger partial charge in [-0.1, -0.05) is 11.6 Å². The summed E-state index contributed by atoms with van der Waals surface area (Å²) in [6, 6.07) is 0. The Labute approximate surface area is 122 Å². The number of nitrogens with one attached hydrogen (secondary N) is 1. The maximum Gasteiger partial charge on any atom is 0.291 e. The van der Waals surface area contributed by atoms with E-state index in [1.807, 2.05) is 11.6 Å². The molecule has 0 radical (unpaired) electrons. The Morgan fingerprint density at radius 3 is 3.20 bits per heavy atom. The monoisotopic (exact) mass is 306 g/mol. The molecule has 0 saturated heterocycles. The van der Waals surface area contributed by atoms with E-state index in [4.69, 9.17) is 11.6 Å². The molecule has 0 fully saturated rings. The lowest BCUT2D eigenvalue weighted by Crippen LogP contribution is -2.19. The molecule has 100 valence electrons. The van der Waals surface area contributed by atoms with Crippen molar-refractivity contribution < 1.29 is 4.79 Å². The largest absolute Gasteiger partial charge is 0.291 e. The van der Waals surface area contributed by atoms with Crippen LogP contribution in [-0.2, 0) is 0 Å². The molecule has 3 rings (SSSR count). The van der Waals surface area contributed by atoms with Gasteiger partial charge in [-0.2, -0.15) is 5.10 Å². The second-order valence-corrected chi connectivity index (χ2v) is 4.86. The molecule has 9 heteroatoms. The number of carbonyl (C=O) groups is 1. The molecule has 1 amide bonds. The number of thiazole rings is 1. The van der Waals surface area contributed by atoms with Gasteiger partial charge in [-0.05, 0) is 0 Å². The van der Waals surface area contributed by atoms with E-state index in [1.54, 1.807) is 4.40 Å². The van der Waals surface area contributed by atoms with Gasteiger partial charge in [0.05, 0.1) is 12.4 Å². The van der Waals surface area contributed by atoms with Gasteiger partial charge in [0.25, 0.3) is 5.91 Å². The number of carbonyl (C=O) groups excluding carboxylic acids is 1. The molecule has 0 aliphatic rings. The van der Waals surface area contributed by atoms with E-state index in [9.17, 15) is 4.79 Å². The molecule has 0 unspecified atom stereocenters. The average molecular weight is 307 g/mol. The number of hydrogen-bond donors (Lipinski definition) is 1. The lowest BCUT2D eigenvalue weighted by Gasteiger charge is -1.97. The summed E-state index contributed by atoms with van der Waals surface area (Å²) in [6.07, 6.45) is 7.53. The number of amides is 1. The van der Waals surface area contributed by atoms with Crippen LogP contribution in [0.15, 0.2) is 35.3 Å². The molecule has 0 aliphatic heterocycles. The van der Waals surface area contributed by atoms with Crippen LogP contribution in [0.3, 0.4) is 0 Å². The van der Waals surface area contributed by atoms with Gasteiger partial charge in [0, 0.05) is 24.0 Å². The Kier molecular flexibility index (Phi) is 3.40. The number of halogens is 1. The van der Waals surface area contributed by atoms with Crippen molar-refractivity contribution in [2.45, 2.75) is 0 Å². The van der Waals surface area contributed by atoms with Crippen molar-refractivity contribution in [3.05, 3.63) is 46.7 Å². The van der Waals surface area contributed by atoms with Crippen LogP contribution in [0, 0.1) is 0 Å². The fraction of sp³-hybridized carbons (Fsp3) is 0. The first kappa shape index (κ1) is 12.7. The first-order chi connectivity index (χ1) is 9.75. The smallest absolute Gasteiger partial charge is 0.288 e. The van der Waals surface area contributed by atoms with E-state index >= 15 is 0 Å². The lowest BCUT2D eigenvalue weighted by atomic mass is 10.4. The van der Waals surface area contributed by atoms with Crippen molar-refractivity contribution in [2.75, 3.05) is 0 Å². The topological polar surface area (TPSA) is 84.5 Å². The molecule has 1 N–H and O–H groups in total. The molecule has 0 spiro atoms. The van der Waals surface area contributed by atoms with Gasteiger partial charge in [0.2, 0.25) is 0 Å². The summed E-state index contributed by atoms with van der Waals surface area (Å²) in [5, 5.41) is 6.06. The molecule has 0 saturated carbocycles. The van der Waals surface area contributed by atoms with Crippen molar-refractivity contribution in [3.8, 4) is 0 Å². The van der Waals surface area contributed by atoms with Crippen LogP contribution in [0.4, 0.5) is 0 Å². The van der Waals surface area contributed by atoms with Crippen molar-refractivity contribution in [3.63, 3.8) is 0 Å². The summed E-state index contributed by atoms with van der Waals surface area (Å²) in [4.78, 5) is 24.3. The highest BCUT2D eigenvalue weighted by molar-refractivity contribution is 7.15. The van der Waals surface area contributed by atoms with Gasteiger partial charge in [-0.25, -0.2) is 15.4 Å². The summed E-state index contributed by atoms with van der Waals surface area (Å²) in [7, 11) is 0. The number of imidazole rings is 1. The van der Waals surface area contributed by atoms with Crippen molar-refractivity contribution in [2.24, 2.45) is 5.10 Å². The zero-order valence-electron chi connectivity index (χ0n) is 9.89. The number of hydrazone groups is 1. The maximum absolute atomic E-state index is 11.7. The van der Waals surface area contributed by atoms with Crippen molar-refractivity contribution >= 4 is 40.0 Å². The van der Waals surface area contributed by atoms with Gasteiger partial charge < -0.3 is 0 Å². The van der Waals surface area contributed by atoms with Crippen LogP contribution < -0.4 is 5.43 Å². The average Bonchev–Trinajstić information content (AvgIpc) is 3.02. The van der Waals surface area contributed by atoms with Gasteiger partial charge in [-0.3, -0.25) is 14.2 Å². The molecular weight excluding hydrogens is 300 g/mol. The predicted molar refractivity (Wildman–Crippen MR) is 75.2 cm³/mol. The molecule has 20 heavy (non-hydrogen) atoms. The number of fused-ring (bicyclic) bond motifs is 1. The van der Waals surface area contributed by atoms with Crippen LogP contribution in [-0.4, -0.2) is 31.5 Å². The van der Waals surface area contributed by atoms with Crippen LogP contribution >= 0.6 is 22.9 Å². The number of hydrogen-bond acceptors (Lipinski definition) is 6. The molecular formula is C11H7ClN6OS. The number of aromatic nitrogens is 4. The fourth-order valence-electron chi connectivity index (χ4n) is 1.52. The molecule has 3 aromatic heterocycles. The minimum Gasteiger partial charge on any atom is -0.288 e. The third-order valence-corrected chi connectivity index (χ3v) is 3.44. The molecule has 0 aliphatic carbocycles. The van der Waals surface area contributed by atoms with Crippen LogP contribution in [0.25, 0.3) is 4.96 Å². The third kappa shape index (κ3) is 2.38. The van der Waals surface area contributed by atoms with Gasteiger partial charge in [0.1, 0.15) is 11.4 Å². The number of nitrogens with zero attached hydrogens (tertiary/aromatic N) is 5. The van der Waals surface area contributed by atoms with Crippen LogP contribution in [0.5, 0.6) is 0 Å². The van der Waals surface area contributed by atoms with Gasteiger partial charge in [0.15, 0.2) is 10.1 Å². The Hall–Kier alpha value is -2.32. The highest BCUT2D eigenvalue weighted by Crippen LogP contribution is 2.19. The summed E-state index contributed by atoms with van der Waals surface area (Å²) in [6.45, 7) is 0. The normalized spacial score (nSPS) is 11.2. The van der Waals surface area contributed by atoms with Gasteiger partial charge >= 0.3 is 0 Å². The van der Waals surface area contributed by atoms with Gasteiger partial charge in [-0.15, -0.1) is 11.3 Å². The van der Waals surface area contributed by atoms with Crippen molar-refractivity contribution in [1.29, 1.82) is 0 Å². The van der Waals surface area contributed by atoms with Crippen LogP contribution in [0.1, 0.15) is 16.2 Å². The fourth-order valence-corrected chi connectivity index (χ4v) is 2.51. The second kappa shape index (κ2) is 5.35. The third-order valence-electron chi connectivity index (χ3n) is 2.40. The Balaban J connectivity index is 1.76. The maximum atomic E-state index is 11.7. The Bertz CT molecular complexity index is 781. The summed E-state index contributed by atoms with van der Waals surface area (Å²) in [5.41, 5.74) is 3.14. The molecule has 0 aromatic carbocycles. The second-order valence-electron chi connectivity index (χ2n) is 3.63. The highest BCUT2D eigenvalue weighted by Gasteiger charge is 2.09. The molecule has 3 heterocycles. The van der Waals surface area contributed by atoms with E-state index < -0.39 is 5.91 Å². The highest BCUT2D eigenvalue weighted by atomic mass is 35.5. The van der Waals surface area contributed by atoms with E-state index in [0.29, 0.717) is 10.8 Å². The lowest BCUT2D eigenvalue weighted by molar-refractivity contribution is 0.0949. The van der Waals surface area contributed by atoms with E-state index in [0.717, 1.165) is 4.96 Å². The first-order valence-corrected chi connectivity index (χ1v) is 6.72. The molecule has 7 nitrogen and oxygen atoms in total.